The minimum atomic E-state index is -0.0338. The highest BCUT2D eigenvalue weighted by atomic mass is 16.2. The summed E-state index contributed by atoms with van der Waals surface area (Å²) in [6.07, 6.45) is 6.13. The van der Waals surface area contributed by atoms with E-state index in [9.17, 15) is 9.59 Å². The average molecular weight is 277 g/mol. The highest BCUT2D eigenvalue weighted by Crippen LogP contribution is 2.24. The Morgan fingerprint density at radius 2 is 2.05 bits per heavy atom. The maximum atomic E-state index is 12.2. The first kappa shape index (κ1) is 14.8. The summed E-state index contributed by atoms with van der Waals surface area (Å²) in [5.74, 6) is 0.0833. The SMILES string of the molecule is CCCn1cc(NC(=O)C2CCC(N)CC2)ccc1=O. The monoisotopic (exact) mass is 277 g/mol. The fourth-order valence-corrected chi connectivity index (χ4v) is 2.65. The van der Waals surface area contributed by atoms with E-state index >= 15 is 0 Å². The van der Waals surface area contributed by atoms with E-state index in [1.54, 1.807) is 16.8 Å². The molecular formula is C15H23N3O2. The van der Waals surface area contributed by atoms with Gasteiger partial charge in [-0.2, -0.15) is 0 Å². The minimum absolute atomic E-state index is 0.0338. The summed E-state index contributed by atoms with van der Waals surface area (Å²) in [7, 11) is 0. The second-order valence-electron chi connectivity index (χ2n) is 5.55. The van der Waals surface area contributed by atoms with Crippen molar-refractivity contribution in [1.82, 2.24) is 4.57 Å². The molecule has 0 spiro atoms. The maximum absolute atomic E-state index is 12.2. The van der Waals surface area contributed by atoms with Crippen LogP contribution in [0.2, 0.25) is 0 Å². The van der Waals surface area contributed by atoms with E-state index < -0.39 is 0 Å². The van der Waals surface area contributed by atoms with Crippen molar-refractivity contribution in [2.45, 2.75) is 51.6 Å². The number of aryl methyl sites for hydroxylation is 1. The van der Waals surface area contributed by atoms with Gasteiger partial charge in [-0.05, 0) is 38.2 Å². The lowest BCUT2D eigenvalue weighted by molar-refractivity contribution is -0.120. The fourth-order valence-electron chi connectivity index (χ4n) is 2.65. The molecule has 0 radical (unpaired) electrons. The van der Waals surface area contributed by atoms with Gasteiger partial charge in [-0.1, -0.05) is 6.92 Å². The predicted molar refractivity (Wildman–Crippen MR) is 79.6 cm³/mol. The minimum Gasteiger partial charge on any atom is -0.328 e. The maximum Gasteiger partial charge on any atom is 0.250 e. The third-order valence-electron chi connectivity index (χ3n) is 3.86. The largest absolute Gasteiger partial charge is 0.328 e. The Labute approximate surface area is 119 Å². The Hall–Kier alpha value is -1.62. The number of hydrogen-bond donors (Lipinski definition) is 2. The molecule has 1 saturated carbocycles. The van der Waals surface area contributed by atoms with Crippen molar-refractivity contribution in [2.24, 2.45) is 11.7 Å². The molecule has 1 heterocycles. The van der Waals surface area contributed by atoms with Crippen LogP contribution in [0.25, 0.3) is 0 Å². The van der Waals surface area contributed by atoms with Gasteiger partial charge in [-0.15, -0.1) is 0 Å². The number of aromatic nitrogens is 1. The Bertz CT molecular complexity index is 516. The number of carbonyl (C=O) groups is 1. The van der Waals surface area contributed by atoms with Crippen LogP contribution in [0.4, 0.5) is 5.69 Å². The zero-order valence-electron chi connectivity index (χ0n) is 12.0. The van der Waals surface area contributed by atoms with E-state index in [1.165, 1.54) is 6.07 Å². The van der Waals surface area contributed by atoms with Gasteiger partial charge in [0.2, 0.25) is 5.91 Å². The second-order valence-corrected chi connectivity index (χ2v) is 5.55. The van der Waals surface area contributed by atoms with Crippen LogP contribution in [0.5, 0.6) is 0 Å². The number of hydrogen-bond acceptors (Lipinski definition) is 3. The Morgan fingerprint density at radius 3 is 2.70 bits per heavy atom. The molecule has 5 nitrogen and oxygen atoms in total. The molecule has 1 aliphatic carbocycles. The average Bonchev–Trinajstić information content (AvgIpc) is 2.43. The summed E-state index contributed by atoms with van der Waals surface area (Å²) in [5.41, 5.74) is 6.51. The molecule has 0 atom stereocenters. The number of amides is 1. The van der Waals surface area contributed by atoms with Crippen molar-refractivity contribution in [1.29, 1.82) is 0 Å². The molecule has 1 amide bonds. The van der Waals surface area contributed by atoms with Crippen molar-refractivity contribution in [3.8, 4) is 0 Å². The molecule has 0 bridgehead atoms. The summed E-state index contributed by atoms with van der Waals surface area (Å²) < 4.78 is 1.63. The van der Waals surface area contributed by atoms with Crippen LogP contribution in [0.15, 0.2) is 23.1 Å². The standard InChI is InChI=1S/C15H23N3O2/c1-2-9-18-10-13(7-8-14(18)19)17-15(20)11-3-5-12(16)6-4-11/h7-8,10-12H,2-6,9,16H2,1H3,(H,17,20). The molecule has 1 aromatic heterocycles. The smallest absolute Gasteiger partial charge is 0.250 e. The lowest BCUT2D eigenvalue weighted by atomic mass is 9.86. The first-order chi connectivity index (χ1) is 9.60. The Balaban J connectivity index is 2.00. The summed E-state index contributed by atoms with van der Waals surface area (Å²) >= 11 is 0. The van der Waals surface area contributed by atoms with Crippen molar-refractivity contribution >= 4 is 11.6 Å². The lowest BCUT2D eigenvalue weighted by Crippen LogP contribution is -2.32. The third kappa shape index (κ3) is 3.70. The Kier molecular flexibility index (Phi) is 4.95. The Morgan fingerprint density at radius 1 is 1.35 bits per heavy atom. The number of anilines is 1. The molecule has 3 N–H and O–H groups in total. The molecule has 1 fully saturated rings. The van der Waals surface area contributed by atoms with Crippen molar-refractivity contribution in [2.75, 3.05) is 5.32 Å². The first-order valence-electron chi connectivity index (χ1n) is 7.37. The van der Waals surface area contributed by atoms with Gasteiger partial charge in [-0.25, -0.2) is 0 Å². The first-order valence-corrected chi connectivity index (χ1v) is 7.37. The van der Waals surface area contributed by atoms with Gasteiger partial charge in [0.05, 0.1) is 5.69 Å². The summed E-state index contributed by atoms with van der Waals surface area (Å²) in [6, 6.07) is 3.41. The van der Waals surface area contributed by atoms with Crippen LogP contribution < -0.4 is 16.6 Å². The number of rotatable bonds is 4. The van der Waals surface area contributed by atoms with Crippen molar-refractivity contribution in [3.63, 3.8) is 0 Å². The highest BCUT2D eigenvalue weighted by molar-refractivity contribution is 5.92. The number of pyridine rings is 1. The van der Waals surface area contributed by atoms with Crippen LogP contribution in [-0.4, -0.2) is 16.5 Å². The summed E-state index contributed by atoms with van der Waals surface area (Å²) in [5, 5.41) is 2.91. The normalized spacial score (nSPS) is 22.5. The van der Waals surface area contributed by atoms with Gasteiger partial charge < -0.3 is 15.6 Å². The highest BCUT2D eigenvalue weighted by Gasteiger charge is 2.24. The van der Waals surface area contributed by atoms with E-state index in [2.05, 4.69) is 5.32 Å². The van der Waals surface area contributed by atoms with Crippen LogP contribution in [-0.2, 0) is 11.3 Å². The molecule has 0 saturated heterocycles. The molecule has 5 heteroatoms. The molecule has 1 aliphatic rings. The molecule has 1 aromatic rings. The van der Waals surface area contributed by atoms with Crippen LogP contribution >= 0.6 is 0 Å². The topological polar surface area (TPSA) is 77.1 Å². The van der Waals surface area contributed by atoms with E-state index in [0.29, 0.717) is 12.2 Å². The van der Waals surface area contributed by atoms with E-state index in [1.807, 2.05) is 6.92 Å². The predicted octanol–water partition coefficient (Wildman–Crippen LogP) is 1.71. The van der Waals surface area contributed by atoms with Gasteiger partial charge in [0.25, 0.3) is 5.56 Å². The van der Waals surface area contributed by atoms with E-state index in [0.717, 1.165) is 32.1 Å². The fraction of sp³-hybridized carbons (Fsp3) is 0.600. The van der Waals surface area contributed by atoms with Crippen LogP contribution in [0.3, 0.4) is 0 Å². The third-order valence-corrected chi connectivity index (χ3v) is 3.86. The van der Waals surface area contributed by atoms with Crippen molar-refractivity contribution < 1.29 is 4.79 Å². The molecule has 110 valence electrons. The molecule has 2 rings (SSSR count). The van der Waals surface area contributed by atoms with Gasteiger partial charge in [0.1, 0.15) is 0 Å². The summed E-state index contributed by atoms with van der Waals surface area (Å²) in [6.45, 7) is 2.68. The zero-order valence-corrected chi connectivity index (χ0v) is 12.0. The second kappa shape index (κ2) is 6.70. The number of nitrogens with zero attached hydrogens (tertiary/aromatic N) is 1. The number of carbonyl (C=O) groups excluding carboxylic acids is 1. The van der Waals surface area contributed by atoms with Gasteiger partial charge >= 0.3 is 0 Å². The number of nitrogens with one attached hydrogen (secondary N) is 1. The molecule has 0 aromatic carbocycles. The van der Waals surface area contributed by atoms with Crippen LogP contribution in [0.1, 0.15) is 39.0 Å². The lowest BCUT2D eigenvalue weighted by Gasteiger charge is -2.25. The van der Waals surface area contributed by atoms with Crippen molar-refractivity contribution in [3.05, 3.63) is 28.7 Å². The van der Waals surface area contributed by atoms with Gasteiger partial charge in [0, 0.05) is 30.8 Å². The summed E-state index contributed by atoms with van der Waals surface area (Å²) in [4.78, 5) is 23.8. The molecule has 0 unspecified atom stereocenters. The molecule has 0 aliphatic heterocycles. The van der Waals surface area contributed by atoms with E-state index in [4.69, 9.17) is 5.73 Å². The van der Waals surface area contributed by atoms with Crippen LogP contribution in [0, 0.1) is 5.92 Å². The number of nitrogens with two attached hydrogens (primary N) is 1. The quantitative estimate of drug-likeness (QED) is 0.879. The van der Waals surface area contributed by atoms with Gasteiger partial charge in [-0.3, -0.25) is 9.59 Å². The molecular weight excluding hydrogens is 254 g/mol. The molecule has 20 heavy (non-hydrogen) atoms. The van der Waals surface area contributed by atoms with E-state index in [-0.39, 0.29) is 23.4 Å². The zero-order chi connectivity index (χ0) is 14.5. The van der Waals surface area contributed by atoms with Gasteiger partial charge in [0.15, 0.2) is 0 Å².